The van der Waals surface area contributed by atoms with E-state index in [-0.39, 0.29) is 5.25 Å². The predicted octanol–water partition coefficient (Wildman–Crippen LogP) is 4.25. The normalized spacial score (nSPS) is 12.2. The van der Waals surface area contributed by atoms with Crippen LogP contribution in [0, 0.1) is 13.8 Å². The van der Waals surface area contributed by atoms with Crippen LogP contribution in [0.5, 0.6) is 5.75 Å². The first-order valence-corrected chi connectivity index (χ1v) is 8.20. The Hall–Kier alpha value is -1.45. The zero-order chi connectivity index (χ0) is 15.2. The highest BCUT2D eigenvalue weighted by atomic mass is 32.2. The Morgan fingerprint density at radius 1 is 1.10 bits per heavy atom. The smallest absolute Gasteiger partial charge is 0.123 e. The van der Waals surface area contributed by atoms with Gasteiger partial charge in [0, 0.05) is 23.1 Å². The second kappa shape index (κ2) is 7.53. The highest BCUT2D eigenvalue weighted by Gasteiger charge is 2.15. The number of methoxy groups -OCH3 is 1. The van der Waals surface area contributed by atoms with E-state index in [0.717, 1.165) is 11.5 Å². The minimum atomic E-state index is 0.252. The van der Waals surface area contributed by atoms with Crippen LogP contribution < -0.4 is 10.5 Å². The van der Waals surface area contributed by atoms with Gasteiger partial charge in [0.1, 0.15) is 5.75 Å². The van der Waals surface area contributed by atoms with Gasteiger partial charge in [-0.15, -0.1) is 11.8 Å². The molecule has 112 valence electrons. The monoisotopic (exact) mass is 301 g/mol. The van der Waals surface area contributed by atoms with Crippen LogP contribution in [-0.4, -0.2) is 13.7 Å². The van der Waals surface area contributed by atoms with Crippen LogP contribution >= 0.6 is 11.8 Å². The molecule has 1 unspecified atom stereocenters. The molecule has 3 heteroatoms. The lowest BCUT2D eigenvalue weighted by Crippen LogP contribution is -2.10. The van der Waals surface area contributed by atoms with Crippen LogP contribution in [0.15, 0.2) is 42.5 Å². The molecule has 1 atom stereocenters. The van der Waals surface area contributed by atoms with Crippen molar-refractivity contribution in [2.75, 3.05) is 13.7 Å². The summed E-state index contributed by atoms with van der Waals surface area (Å²) >= 11 is 1.87. The summed E-state index contributed by atoms with van der Waals surface area (Å²) in [5, 5.41) is 0.252. The van der Waals surface area contributed by atoms with E-state index >= 15 is 0 Å². The Morgan fingerprint density at radius 2 is 1.76 bits per heavy atom. The Morgan fingerprint density at radius 3 is 2.38 bits per heavy atom. The van der Waals surface area contributed by atoms with Crippen LogP contribution in [0.3, 0.4) is 0 Å². The summed E-state index contributed by atoms with van der Waals surface area (Å²) in [6.07, 6.45) is 0. The molecule has 0 aliphatic heterocycles. The van der Waals surface area contributed by atoms with E-state index < -0.39 is 0 Å². The molecule has 2 rings (SSSR count). The van der Waals surface area contributed by atoms with Gasteiger partial charge in [-0.25, -0.2) is 0 Å². The van der Waals surface area contributed by atoms with Crippen molar-refractivity contribution in [2.24, 2.45) is 5.73 Å². The lowest BCUT2D eigenvalue weighted by atomic mass is 10.1. The fourth-order valence-electron chi connectivity index (χ4n) is 2.57. The molecule has 0 aromatic heterocycles. The molecule has 2 aromatic rings. The van der Waals surface area contributed by atoms with Crippen molar-refractivity contribution in [1.82, 2.24) is 0 Å². The molecule has 21 heavy (non-hydrogen) atoms. The van der Waals surface area contributed by atoms with Crippen molar-refractivity contribution in [2.45, 2.75) is 24.9 Å². The summed E-state index contributed by atoms with van der Waals surface area (Å²) in [4.78, 5) is 0. The van der Waals surface area contributed by atoms with Crippen molar-refractivity contribution < 1.29 is 4.74 Å². The Balaban J connectivity index is 2.12. The summed E-state index contributed by atoms with van der Waals surface area (Å²) in [7, 11) is 1.71. The number of para-hydroxylation sites is 1. The van der Waals surface area contributed by atoms with Crippen molar-refractivity contribution >= 4 is 11.8 Å². The molecule has 0 saturated heterocycles. The fraction of sp³-hybridized carbons (Fsp3) is 0.333. The second-order valence-electron chi connectivity index (χ2n) is 5.27. The number of benzene rings is 2. The van der Waals surface area contributed by atoms with E-state index in [0.29, 0.717) is 6.54 Å². The van der Waals surface area contributed by atoms with Gasteiger partial charge in [-0.05, 0) is 25.5 Å². The summed E-state index contributed by atoms with van der Waals surface area (Å²) < 4.78 is 5.45. The van der Waals surface area contributed by atoms with Gasteiger partial charge >= 0.3 is 0 Å². The van der Waals surface area contributed by atoms with Gasteiger partial charge in [0.25, 0.3) is 0 Å². The van der Waals surface area contributed by atoms with Gasteiger partial charge in [0.2, 0.25) is 0 Å². The first-order chi connectivity index (χ1) is 10.1. The molecule has 2 N–H and O–H groups in total. The van der Waals surface area contributed by atoms with E-state index in [1.54, 1.807) is 7.11 Å². The maximum Gasteiger partial charge on any atom is 0.123 e. The fourth-order valence-corrected chi connectivity index (χ4v) is 3.64. The van der Waals surface area contributed by atoms with E-state index in [1.807, 2.05) is 30.0 Å². The first-order valence-electron chi connectivity index (χ1n) is 7.15. The largest absolute Gasteiger partial charge is 0.496 e. The van der Waals surface area contributed by atoms with E-state index in [2.05, 4.69) is 38.1 Å². The molecule has 0 spiro atoms. The number of rotatable bonds is 6. The van der Waals surface area contributed by atoms with E-state index in [9.17, 15) is 0 Å². The number of ether oxygens (including phenoxy) is 1. The number of aryl methyl sites for hydroxylation is 2. The summed E-state index contributed by atoms with van der Waals surface area (Å²) in [5.74, 6) is 1.88. The number of hydrogen-bond acceptors (Lipinski definition) is 3. The molecule has 0 radical (unpaired) electrons. The molecular weight excluding hydrogens is 278 g/mol. The topological polar surface area (TPSA) is 35.2 Å². The van der Waals surface area contributed by atoms with Crippen molar-refractivity contribution in [1.29, 1.82) is 0 Å². The van der Waals surface area contributed by atoms with Gasteiger partial charge in [-0.3, -0.25) is 0 Å². The van der Waals surface area contributed by atoms with Gasteiger partial charge in [-0.1, -0.05) is 47.5 Å². The van der Waals surface area contributed by atoms with Gasteiger partial charge in [-0.2, -0.15) is 0 Å². The van der Waals surface area contributed by atoms with Gasteiger partial charge < -0.3 is 10.5 Å². The third kappa shape index (κ3) is 4.26. The van der Waals surface area contributed by atoms with Crippen LogP contribution in [0.1, 0.15) is 27.5 Å². The van der Waals surface area contributed by atoms with Gasteiger partial charge in [0.05, 0.1) is 7.11 Å². The third-order valence-electron chi connectivity index (χ3n) is 3.43. The van der Waals surface area contributed by atoms with Crippen LogP contribution in [0.2, 0.25) is 0 Å². The highest BCUT2D eigenvalue weighted by Crippen LogP contribution is 2.36. The van der Waals surface area contributed by atoms with Crippen molar-refractivity contribution in [3.63, 3.8) is 0 Å². The zero-order valence-electron chi connectivity index (χ0n) is 12.9. The predicted molar refractivity (Wildman–Crippen MR) is 92.0 cm³/mol. The summed E-state index contributed by atoms with van der Waals surface area (Å²) in [6, 6.07) is 14.8. The molecule has 0 saturated carbocycles. The highest BCUT2D eigenvalue weighted by molar-refractivity contribution is 7.98. The quantitative estimate of drug-likeness (QED) is 0.866. The average molecular weight is 301 g/mol. The standard InChI is InChI=1S/C18H23NOS/c1-13-8-14(2)10-15(9-13)12-21-18(11-19)16-6-4-5-7-17(16)20-3/h4-10,18H,11-12,19H2,1-3H3. The van der Waals surface area contributed by atoms with Crippen molar-refractivity contribution in [3.8, 4) is 5.75 Å². The summed E-state index contributed by atoms with van der Waals surface area (Å²) in [6.45, 7) is 4.89. The number of hydrogen-bond donors (Lipinski definition) is 1. The first kappa shape index (κ1) is 15.9. The third-order valence-corrected chi connectivity index (χ3v) is 4.78. The van der Waals surface area contributed by atoms with E-state index in [4.69, 9.17) is 10.5 Å². The maximum absolute atomic E-state index is 5.98. The molecule has 0 fully saturated rings. The Kier molecular flexibility index (Phi) is 5.71. The van der Waals surface area contributed by atoms with Gasteiger partial charge in [0.15, 0.2) is 0 Å². The molecular formula is C18H23NOS. The lowest BCUT2D eigenvalue weighted by Gasteiger charge is -2.18. The number of nitrogens with two attached hydrogens (primary N) is 1. The zero-order valence-corrected chi connectivity index (χ0v) is 13.7. The molecule has 0 amide bonds. The second-order valence-corrected chi connectivity index (χ2v) is 6.46. The number of thioether (sulfide) groups is 1. The van der Waals surface area contributed by atoms with Crippen LogP contribution in [0.4, 0.5) is 0 Å². The molecule has 0 heterocycles. The summed E-state index contributed by atoms with van der Waals surface area (Å²) in [5.41, 5.74) is 11.1. The molecule has 0 aliphatic carbocycles. The van der Waals surface area contributed by atoms with Crippen molar-refractivity contribution in [3.05, 3.63) is 64.7 Å². The van der Waals surface area contributed by atoms with E-state index in [1.165, 1.54) is 22.3 Å². The lowest BCUT2D eigenvalue weighted by molar-refractivity contribution is 0.409. The molecule has 0 aliphatic rings. The Labute approximate surface area is 131 Å². The van der Waals surface area contributed by atoms with Crippen LogP contribution in [0.25, 0.3) is 0 Å². The van der Waals surface area contributed by atoms with Crippen LogP contribution in [-0.2, 0) is 5.75 Å². The molecule has 2 aromatic carbocycles. The molecule has 2 nitrogen and oxygen atoms in total. The average Bonchev–Trinajstić information content (AvgIpc) is 2.47. The minimum Gasteiger partial charge on any atom is -0.496 e. The minimum absolute atomic E-state index is 0.252. The Bertz CT molecular complexity index is 577. The SMILES string of the molecule is COc1ccccc1C(CN)SCc1cc(C)cc(C)c1. The maximum atomic E-state index is 5.98. The molecule has 0 bridgehead atoms.